The number of fused-ring (bicyclic) bond motifs is 1. The van der Waals surface area contributed by atoms with Crippen LogP contribution in [0.3, 0.4) is 0 Å². The van der Waals surface area contributed by atoms with Gasteiger partial charge >= 0.3 is 0 Å². The summed E-state index contributed by atoms with van der Waals surface area (Å²) in [5.74, 6) is 0.520. The normalized spacial score (nSPS) is 19.7. The van der Waals surface area contributed by atoms with E-state index in [9.17, 15) is 0 Å². The molecule has 1 aromatic rings. The largest absolute Gasteiger partial charge is 0.0984 e. The van der Waals surface area contributed by atoms with Crippen LogP contribution in [0.25, 0.3) is 0 Å². The highest BCUT2D eigenvalue weighted by Crippen LogP contribution is 2.48. The topological polar surface area (TPSA) is 0 Å². The Hall–Kier alpha value is -1.30. The lowest BCUT2D eigenvalue weighted by molar-refractivity contribution is 0.629. The second-order valence-corrected chi connectivity index (χ2v) is 5.83. The first kappa shape index (κ1) is 14.8. The van der Waals surface area contributed by atoms with E-state index >= 15 is 0 Å². The van der Waals surface area contributed by atoms with Crippen molar-refractivity contribution in [1.29, 1.82) is 0 Å². The van der Waals surface area contributed by atoms with Gasteiger partial charge in [0.2, 0.25) is 0 Å². The number of allylic oxidation sites excluding steroid dienone is 3. The summed E-state index contributed by atoms with van der Waals surface area (Å²) < 4.78 is 0. The van der Waals surface area contributed by atoms with Gasteiger partial charge in [-0.15, -0.1) is 0 Å². The minimum Gasteiger partial charge on any atom is -0.0984 e. The van der Waals surface area contributed by atoms with E-state index in [-0.39, 0.29) is 5.41 Å². The molecule has 2 rings (SSSR count). The van der Waals surface area contributed by atoms with Crippen LogP contribution in [0, 0.1) is 0 Å². The summed E-state index contributed by atoms with van der Waals surface area (Å²) in [6.45, 7) is 17.2. The fourth-order valence-electron chi connectivity index (χ4n) is 2.35. The number of benzene rings is 1. The summed E-state index contributed by atoms with van der Waals surface area (Å²) in [6.07, 6.45) is 2.08. The van der Waals surface area contributed by atoms with Crippen molar-refractivity contribution in [3.63, 3.8) is 0 Å². The molecule has 0 spiro atoms. The molecular weight excluding hydrogens is 216 g/mol. The van der Waals surface area contributed by atoms with Gasteiger partial charge in [-0.05, 0) is 31.9 Å². The first-order chi connectivity index (χ1) is 8.32. The molecule has 98 valence electrons. The van der Waals surface area contributed by atoms with E-state index in [1.165, 1.54) is 22.3 Å². The average Bonchev–Trinajstić information content (AvgIpc) is 2.53. The van der Waals surface area contributed by atoms with Crippen LogP contribution < -0.4 is 0 Å². The maximum atomic E-state index is 4.20. The minimum atomic E-state index is 0.163. The molecule has 0 fully saturated rings. The highest BCUT2D eigenvalue weighted by Gasteiger charge is 2.37. The summed E-state index contributed by atoms with van der Waals surface area (Å²) in [6, 6.07) is 8.68. The Labute approximate surface area is 112 Å². The lowest BCUT2D eigenvalue weighted by Crippen LogP contribution is -2.14. The molecule has 0 bridgehead atoms. The fourth-order valence-corrected chi connectivity index (χ4v) is 2.35. The zero-order chi connectivity index (χ0) is 13.9. The van der Waals surface area contributed by atoms with Crippen LogP contribution in [0.2, 0.25) is 0 Å². The van der Waals surface area contributed by atoms with E-state index in [0.29, 0.717) is 5.92 Å². The Balaban J connectivity index is 0.000000280. The minimum absolute atomic E-state index is 0.163. The van der Waals surface area contributed by atoms with Gasteiger partial charge in [-0.2, -0.15) is 0 Å². The van der Waals surface area contributed by atoms with Gasteiger partial charge in [-0.3, -0.25) is 0 Å². The maximum Gasteiger partial charge on any atom is 0.0111 e. The summed E-state index contributed by atoms with van der Waals surface area (Å²) in [5, 5.41) is 0. The standard InChI is InChI=1S/C13H16.C5H10/c1-9-10(2)13(3,4)12-8-6-5-7-11(9)12;1-4-5(2)3/h5-9H,2H2,1,3-4H3;4H,1-3H3. The van der Waals surface area contributed by atoms with E-state index < -0.39 is 0 Å². The molecule has 1 atom stereocenters. The molecule has 0 saturated heterocycles. The third kappa shape index (κ3) is 2.75. The second kappa shape index (κ2) is 5.56. The quantitative estimate of drug-likeness (QED) is 0.519. The second-order valence-electron chi connectivity index (χ2n) is 5.83. The molecule has 18 heavy (non-hydrogen) atoms. The molecule has 0 amide bonds. The molecule has 1 aliphatic carbocycles. The van der Waals surface area contributed by atoms with Crippen molar-refractivity contribution < 1.29 is 0 Å². The maximum absolute atomic E-state index is 4.20. The highest BCUT2D eigenvalue weighted by molar-refractivity contribution is 5.52. The van der Waals surface area contributed by atoms with E-state index in [1.807, 2.05) is 6.92 Å². The molecule has 0 heterocycles. The van der Waals surface area contributed by atoms with Crippen molar-refractivity contribution in [2.75, 3.05) is 0 Å². The van der Waals surface area contributed by atoms with Gasteiger partial charge < -0.3 is 0 Å². The molecule has 1 aromatic carbocycles. The summed E-state index contributed by atoms with van der Waals surface area (Å²) in [7, 11) is 0. The van der Waals surface area contributed by atoms with E-state index in [2.05, 4.69) is 71.5 Å². The molecule has 1 unspecified atom stereocenters. The van der Waals surface area contributed by atoms with E-state index in [4.69, 9.17) is 0 Å². The van der Waals surface area contributed by atoms with Gasteiger partial charge in [0.25, 0.3) is 0 Å². The highest BCUT2D eigenvalue weighted by atomic mass is 14.4. The molecule has 0 N–H and O–H groups in total. The molecule has 0 nitrogen and oxygen atoms in total. The molecule has 0 heteroatoms. The number of rotatable bonds is 0. The summed E-state index contributed by atoms with van der Waals surface area (Å²) >= 11 is 0. The third-order valence-corrected chi connectivity index (χ3v) is 4.00. The lowest BCUT2D eigenvalue weighted by atomic mass is 9.82. The van der Waals surface area contributed by atoms with Crippen molar-refractivity contribution in [1.82, 2.24) is 0 Å². The summed E-state index contributed by atoms with van der Waals surface area (Å²) in [5.41, 5.74) is 5.79. The smallest absolute Gasteiger partial charge is 0.0111 e. The van der Waals surface area contributed by atoms with Crippen molar-refractivity contribution in [3.05, 3.63) is 59.2 Å². The van der Waals surface area contributed by atoms with Crippen LogP contribution in [0.1, 0.15) is 58.6 Å². The van der Waals surface area contributed by atoms with Gasteiger partial charge in [0.1, 0.15) is 0 Å². The van der Waals surface area contributed by atoms with Crippen LogP contribution in [0.5, 0.6) is 0 Å². The molecule has 0 aliphatic heterocycles. The molecule has 0 aromatic heterocycles. The Morgan fingerprint density at radius 2 is 1.72 bits per heavy atom. The van der Waals surface area contributed by atoms with Crippen molar-refractivity contribution in [2.24, 2.45) is 0 Å². The lowest BCUT2D eigenvalue weighted by Gasteiger charge is -2.21. The fraction of sp³-hybridized carbons (Fsp3) is 0.444. The van der Waals surface area contributed by atoms with Crippen LogP contribution in [-0.2, 0) is 5.41 Å². The average molecular weight is 242 g/mol. The molecule has 1 aliphatic rings. The van der Waals surface area contributed by atoms with Crippen molar-refractivity contribution in [2.45, 2.75) is 52.9 Å². The zero-order valence-electron chi connectivity index (χ0n) is 12.7. The van der Waals surface area contributed by atoms with Crippen molar-refractivity contribution >= 4 is 0 Å². The van der Waals surface area contributed by atoms with Crippen LogP contribution >= 0.6 is 0 Å². The SMILES string of the molecule is C=C1C(C)c2ccccc2C1(C)C.CC=C(C)C. The number of hydrogen-bond donors (Lipinski definition) is 0. The van der Waals surface area contributed by atoms with E-state index in [0.717, 1.165) is 0 Å². The van der Waals surface area contributed by atoms with E-state index in [1.54, 1.807) is 0 Å². The Bertz CT molecular complexity index is 457. The molecule has 0 radical (unpaired) electrons. The molecule has 0 saturated carbocycles. The number of hydrogen-bond acceptors (Lipinski definition) is 0. The Morgan fingerprint density at radius 1 is 1.22 bits per heavy atom. The first-order valence-electron chi connectivity index (χ1n) is 6.70. The zero-order valence-corrected chi connectivity index (χ0v) is 12.7. The Kier molecular flexibility index (Phi) is 4.56. The van der Waals surface area contributed by atoms with Crippen LogP contribution in [0.4, 0.5) is 0 Å². The van der Waals surface area contributed by atoms with Gasteiger partial charge in [0.15, 0.2) is 0 Å². The predicted molar refractivity (Wildman–Crippen MR) is 82.1 cm³/mol. The van der Waals surface area contributed by atoms with Gasteiger partial charge in [0, 0.05) is 11.3 Å². The van der Waals surface area contributed by atoms with Crippen LogP contribution in [0.15, 0.2) is 48.1 Å². The molecular formula is C18H26. The van der Waals surface area contributed by atoms with Crippen molar-refractivity contribution in [3.8, 4) is 0 Å². The Morgan fingerprint density at radius 3 is 2.17 bits per heavy atom. The monoisotopic (exact) mass is 242 g/mol. The predicted octanol–water partition coefficient (Wildman–Crippen LogP) is 5.61. The van der Waals surface area contributed by atoms with Gasteiger partial charge in [0.05, 0.1) is 0 Å². The first-order valence-corrected chi connectivity index (χ1v) is 6.70. The summed E-state index contributed by atoms with van der Waals surface area (Å²) in [4.78, 5) is 0. The third-order valence-electron chi connectivity index (χ3n) is 4.00. The van der Waals surface area contributed by atoms with Crippen LogP contribution in [-0.4, -0.2) is 0 Å². The van der Waals surface area contributed by atoms with Gasteiger partial charge in [-0.1, -0.05) is 68.8 Å². The van der Waals surface area contributed by atoms with Gasteiger partial charge in [-0.25, -0.2) is 0 Å².